The van der Waals surface area contributed by atoms with Gasteiger partial charge in [0, 0.05) is 44.4 Å². The lowest BCUT2D eigenvalue weighted by atomic mass is 9.92. The second-order valence-corrected chi connectivity index (χ2v) is 9.11. The average Bonchev–Trinajstić information content (AvgIpc) is 3.13. The van der Waals surface area contributed by atoms with Gasteiger partial charge >= 0.3 is 6.09 Å². The van der Waals surface area contributed by atoms with Crippen LogP contribution in [0.5, 0.6) is 0 Å². The summed E-state index contributed by atoms with van der Waals surface area (Å²) < 4.78 is 20.9. The number of piperidine rings is 1. The molecule has 2 amide bonds. The summed E-state index contributed by atoms with van der Waals surface area (Å²) in [6, 6.07) is 5.91. The number of aryl methyl sites for hydroxylation is 1. The van der Waals surface area contributed by atoms with Gasteiger partial charge in [0.25, 0.3) is 5.91 Å². The van der Waals surface area contributed by atoms with Gasteiger partial charge in [-0.25, -0.2) is 9.18 Å². The fourth-order valence-electron chi connectivity index (χ4n) is 3.81. The number of nitrogens with zero attached hydrogens (tertiary/aromatic N) is 3. The normalized spacial score (nSPS) is 17.7. The van der Waals surface area contributed by atoms with Crippen molar-refractivity contribution in [3.8, 4) is 0 Å². The summed E-state index contributed by atoms with van der Waals surface area (Å²) in [5.41, 5.74) is 0.515. The van der Waals surface area contributed by atoms with Crippen LogP contribution in [0.4, 0.5) is 9.18 Å². The first-order valence-electron chi connectivity index (χ1n) is 10.8. The zero-order valence-corrected chi connectivity index (χ0v) is 19.0. The molecule has 2 aromatic rings. The molecule has 1 aliphatic heterocycles. The molecule has 0 unspecified atom stereocenters. The first kappa shape index (κ1) is 23.7. The number of aliphatic hydroxyl groups is 1. The predicted molar refractivity (Wildman–Crippen MR) is 117 cm³/mol. The third kappa shape index (κ3) is 5.85. The van der Waals surface area contributed by atoms with Crippen molar-refractivity contribution in [3.63, 3.8) is 0 Å². The first-order chi connectivity index (χ1) is 15.0. The van der Waals surface area contributed by atoms with Gasteiger partial charge in [-0.2, -0.15) is 5.10 Å². The molecule has 2 N–H and O–H groups in total. The molecule has 1 aliphatic rings. The number of aromatic nitrogens is 2. The summed E-state index contributed by atoms with van der Waals surface area (Å²) in [5.74, 6) is -1.05. The maximum Gasteiger partial charge on any atom is 0.410 e. The monoisotopic (exact) mass is 446 g/mol. The van der Waals surface area contributed by atoms with Crippen LogP contribution in [0.1, 0.15) is 67.3 Å². The predicted octanol–water partition coefficient (Wildman–Crippen LogP) is 3.14. The van der Waals surface area contributed by atoms with E-state index in [-0.39, 0.29) is 24.1 Å². The number of benzene rings is 1. The summed E-state index contributed by atoms with van der Waals surface area (Å²) in [5, 5.41) is 17.4. The van der Waals surface area contributed by atoms with Gasteiger partial charge in [-0.05, 0) is 39.7 Å². The fourth-order valence-corrected chi connectivity index (χ4v) is 3.81. The van der Waals surface area contributed by atoms with Crippen molar-refractivity contribution < 1.29 is 23.8 Å². The van der Waals surface area contributed by atoms with E-state index in [0.29, 0.717) is 24.3 Å². The van der Waals surface area contributed by atoms with Gasteiger partial charge in [-0.15, -0.1) is 0 Å². The lowest BCUT2D eigenvalue weighted by Crippen LogP contribution is -2.42. The minimum Gasteiger partial charge on any atom is -0.444 e. The molecule has 2 heterocycles. The third-order valence-corrected chi connectivity index (χ3v) is 5.28. The summed E-state index contributed by atoms with van der Waals surface area (Å²) in [4.78, 5) is 27.0. The number of carbonyl (C=O) groups excluding carboxylic acids is 2. The molecule has 1 aromatic carbocycles. The molecule has 9 heteroatoms. The van der Waals surface area contributed by atoms with Crippen molar-refractivity contribution >= 4 is 12.0 Å². The van der Waals surface area contributed by atoms with Gasteiger partial charge in [0.1, 0.15) is 11.4 Å². The van der Waals surface area contributed by atoms with Crippen molar-refractivity contribution in [3.05, 3.63) is 53.1 Å². The number of ether oxygens (including phenoxy) is 1. The van der Waals surface area contributed by atoms with E-state index in [4.69, 9.17) is 4.74 Å². The Kier molecular flexibility index (Phi) is 7.18. The molecule has 1 fully saturated rings. The van der Waals surface area contributed by atoms with Crippen LogP contribution in [0, 0.1) is 5.82 Å². The summed E-state index contributed by atoms with van der Waals surface area (Å²) in [7, 11) is 1.73. The number of nitrogens with one attached hydrogen (secondary N) is 1. The van der Waals surface area contributed by atoms with Crippen LogP contribution in [0.15, 0.2) is 30.5 Å². The molecular formula is C23H31FN4O4. The van der Waals surface area contributed by atoms with Gasteiger partial charge < -0.3 is 20.1 Å². The number of hydrogen-bond acceptors (Lipinski definition) is 5. The molecule has 0 spiro atoms. The van der Waals surface area contributed by atoms with E-state index in [2.05, 4.69) is 10.4 Å². The number of aliphatic hydroxyl groups excluding tert-OH is 1. The van der Waals surface area contributed by atoms with Crippen LogP contribution < -0.4 is 5.32 Å². The minimum atomic E-state index is -1.17. The highest BCUT2D eigenvalue weighted by molar-refractivity contribution is 5.95. The molecule has 174 valence electrons. The average molecular weight is 447 g/mol. The topological polar surface area (TPSA) is 96.7 Å². The van der Waals surface area contributed by atoms with Crippen molar-refractivity contribution in [2.75, 3.05) is 19.6 Å². The van der Waals surface area contributed by atoms with Crippen LogP contribution in [-0.4, -0.2) is 57.0 Å². The van der Waals surface area contributed by atoms with Crippen molar-refractivity contribution in [1.82, 2.24) is 20.0 Å². The number of hydrogen-bond donors (Lipinski definition) is 2. The van der Waals surface area contributed by atoms with Gasteiger partial charge in [-0.1, -0.05) is 18.2 Å². The number of rotatable bonds is 5. The molecule has 3 rings (SSSR count). The van der Waals surface area contributed by atoms with E-state index in [1.807, 2.05) is 20.8 Å². The molecule has 32 heavy (non-hydrogen) atoms. The second kappa shape index (κ2) is 9.68. The van der Waals surface area contributed by atoms with Gasteiger partial charge in [0.05, 0.1) is 17.4 Å². The Morgan fingerprint density at radius 2 is 2.06 bits per heavy atom. The molecular weight excluding hydrogens is 415 g/mol. The molecule has 0 saturated carbocycles. The van der Waals surface area contributed by atoms with Crippen LogP contribution in [0.25, 0.3) is 0 Å². The third-order valence-electron chi connectivity index (χ3n) is 5.28. The van der Waals surface area contributed by atoms with Gasteiger partial charge in [0.2, 0.25) is 0 Å². The Labute approximate surface area is 187 Å². The molecule has 1 saturated heterocycles. The second-order valence-electron chi connectivity index (χ2n) is 9.11. The number of halogens is 1. The van der Waals surface area contributed by atoms with Gasteiger partial charge in [-0.3, -0.25) is 9.48 Å². The molecule has 0 radical (unpaired) electrons. The standard InChI is InChI=1S/C23H31FN4O4/c1-23(2,3)32-22(31)28-11-7-8-15(13-28)20-17(14-27(4)26-20)21(30)25-12-19(29)16-9-5-6-10-18(16)24/h5-6,9-10,14-15,19,29H,7-8,11-13H2,1-4H3,(H,25,30)/t15-,19-/m1/s1. The van der Waals surface area contributed by atoms with Crippen LogP contribution in [0.3, 0.4) is 0 Å². The molecule has 2 atom stereocenters. The lowest BCUT2D eigenvalue weighted by molar-refractivity contribution is 0.0197. The maximum atomic E-state index is 13.9. The smallest absolute Gasteiger partial charge is 0.410 e. The Hall–Kier alpha value is -2.94. The quantitative estimate of drug-likeness (QED) is 0.736. The Morgan fingerprint density at radius 3 is 2.75 bits per heavy atom. The highest BCUT2D eigenvalue weighted by Crippen LogP contribution is 2.29. The zero-order valence-electron chi connectivity index (χ0n) is 19.0. The highest BCUT2D eigenvalue weighted by Gasteiger charge is 2.32. The highest BCUT2D eigenvalue weighted by atomic mass is 19.1. The summed E-state index contributed by atoms with van der Waals surface area (Å²) in [6.45, 7) is 6.33. The molecule has 0 aliphatic carbocycles. The SMILES string of the molecule is Cn1cc(C(=O)NC[C@@H](O)c2ccccc2F)c([C@@H]2CCCN(C(=O)OC(C)(C)C)C2)n1. The van der Waals surface area contributed by atoms with E-state index >= 15 is 0 Å². The van der Waals surface area contributed by atoms with E-state index in [1.54, 1.807) is 28.9 Å². The summed E-state index contributed by atoms with van der Waals surface area (Å²) in [6.07, 6.45) is 1.63. The van der Waals surface area contributed by atoms with Crippen LogP contribution in [0.2, 0.25) is 0 Å². The van der Waals surface area contributed by atoms with Crippen molar-refractivity contribution in [2.24, 2.45) is 7.05 Å². The fraction of sp³-hybridized carbons (Fsp3) is 0.522. The Balaban J connectivity index is 1.69. The number of amides is 2. The maximum absolute atomic E-state index is 13.9. The van der Waals surface area contributed by atoms with Crippen molar-refractivity contribution in [1.29, 1.82) is 0 Å². The van der Waals surface area contributed by atoms with Crippen LogP contribution in [-0.2, 0) is 11.8 Å². The Bertz CT molecular complexity index is 969. The number of likely N-dealkylation sites (tertiary alicyclic amines) is 1. The first-order valence-corrected chi connectivity index (χ1v) is 10.8. The summed E-state index contributed by atoms with van der Waals surface area (Å²) >= 11 is 0. The minimum absolute atomic E-state index is 0.116. The molecule has 1 aromatic heterocycles. The Morgan fingerprint density at radius 1 is 1.34 bits per heavy atom. The van der Waals surface area contributed by atoms with Crippen molar-refractivity contribution in [2.45, 2.75) is 51.2 Å². The van der Waals surface area contributed by atoms with Gasteiger partial charge in [0.15, 0.2) is 0 Å². The zero-order chi connectivity index (χ0) is 23.5. The lowest BCUT2D eigenvalue weighted by Gasteiger charge is -2.33. The van der Waals surface area contributed by atoms with E-state index in [0.717, 1.165) is 12.8 Å². The van der Waals surface area contributed by atoms with Crippen LogP contribution >= 0.6 is 0 Å². The molecule has 8 nitrogen and oxygen atoms in total. The number of carbonyl (C=O) groups is 2. The van der Waals surface area contributed by atoms with E-state index in [9.17, 15) is 19.1 Å². The molecule has 0 bridgehead atoms. The largest absolute Gasteiger partial charge is 0.444 e. The van der Waals surface area contributed by atoms with E-state index < -0.39 is 23.4 Å². The van der Waals surface area contributed by atoms with E-state index in [1.165, 1.54) is 18.2 Å².